The summed E-state index contributed by atoms with van der Waals surface area (Å²) in [5.74, 6) is 1.44. The van der Waals surface area contributed by atoms with Gasteiger partial charge >= 0.3 is 5.20 Å². The van der Waals surface area contributed by atoms with E-state index < -0.39 is 5.20 Å². The minimum atomic E-state index is -3.22. The number of carbonyl (C=O) groups excluding carboxylic acids is 1. The Morgan fingerprint density at radius 2 is 1.15 bits per heavy atom. The van der Waals surface area contributed by atoms with Crippen LogP contribution in [0.4, 0.5) is 0 Å². The molecule has 1 N–H and O–H groups in total. The zero-order valence-electron chi connectivity index (χ0n) is 31.3. The second-order valence-corrected chi connectivity index (χ2v) is 20.5. The lowest BCUT2D eigenvalue weighted by molar-refractivity contribution is 0.0913. The van der Waals surface area contributed by atoms with E-state index in [2.05, 4.69) is 55.1 Å². The minimum absolute atomic E-state index is 0. The molecule has 0 aliphatic heterocycles. The van der Waals surface area contributed by atoms with E-state index in [-0.39, 0.29) is 27.3 Å². The Kier molecular flexibility index (Phi) is 21.9. The van der Waals surface area contributed by atoms with Gasteiger partial charge in [0.25, 0.3) is 5.91 Å². The van der Waals surface area contributed by atoms with Crippen molar-refractivity contribution in [2.45, 2.75) is 87.1 Å². The van der Waals surface area contributed by atoms with Gasteiger partial charge in [0.05, 0.1) is 14.2 Å². The summed E-state index contributed by atoms with van der Waals surface area (Å²) in [4.78, 5) is 21.1. The molecule has 15 heteroatoms. The summed E-state index contributed by atoms with van der Waals surface area (Å²) >= 11 is 26.7. The fourth-order valence-corrected chi connectivity index (χ4v) is 5.50. The summed E-state index contributed by atoms with van der Waals surface area (Å²) in [5.41, 5.74) is 8.61. The van der Waals surface area contributed by atoms with Gasteiger partial charge in [-0.15, -0.1) is 0 Å². The molecule has 0 aliphatic carbocycles. The van der Waals surface area contributed by atoms with Crippen molar-refractivity contribution >= 4 is 76.4 Å². The van der Waals surface area contributed by atoms with E-state index in [0.717, 1.165) is 78.9 Å². The van der Waals surface area contributed by atoms with Crippen LogP contribution >= 0.6 is 62.1 Å². The highest BCUT2D eigenvalue weighted by Gasteiger charge is 2.20. The second kappa shape index (κ2) is 23.2. The third kappa shape index (κ3) is 17.7. The summed E-state index contributed by atoms with van der Waals surface area (Å²) in [6.45, 7) is 13.7. The molecule has 0 saturated carbocycles. The molecule has 4 rings (SSSR count). The average molecular weight is 856 g/mol. The predicted octanol–water partition coefficient (Wildman–Crippen LogP) is 11.8. The van der Waals surface area contributed by atoms with Crippen molar-refractivity contribution in [3.63, 3.8) is 0 Å². The van der Waals surface area contributed by atoms with Gasteiger partial charge in [-0.05, 0) is 177 Å². The molecule has 1 amide bonds. The highest BCUT2D eigenvalue weighted by molar-refractivity contribution is 8.24. The lowest BCUT2D eigenvalue weighted by Gasteiger charge is -2.21. The van der Waals surface area contributed by atoms with Gasteiger partial charge in [-0.2, -0.15) is 5.26 Å². The van der Waals surface area contributed by atoms with E-state index in [1.54, 1.807) is 26.6 Å². The monoisotopic (exact) mass is 853 g/mol. The maximum absolute atomic E-state index is 12.6. The molecular weight excluding hydrogens is 808 g/mol. The van der Waals surface area contributed by atoms with Crippen LogP contribution < -0.4 is 14.8 Å². The van der Waals surface area contributed by atoms with Crippen molar-refractivity contribution in [2.24, 2.45) is 0 Å². The van der Waals surface area contributed by atoms with Crippen LogP contribution in [0.25, 0.3) is 0 Å². The topological polar surface area (TPSA) is 114 Å². The average Bonchev–Trinajstić information content (AvgIpc) is 3.04. The Labute approximate surface area is 347 Å². The van der Waals surface area contributed by atoms with Gasteiger partial charge in [0, 0.05) is 36.4 Å². The largest absolute Gasteiger partial charge is 0.497 e. The van der Waals surface area contributed by atoms with E-state index in [4.69, 9.17) is 37.9 Å². The van der Waals surface area contributed by atoms with Crippen molar-refractivity contribution in [1.29, 1.82) is 5.26 Å². The molecule has 0 fully saturated rings. The predicted molar refractivity (Wildman–Crippen MR) is 228 cm³/mol. The first kappa shape index (κ1) is 51.0. The van der Waals surface area contributed by atoms with E-state index in [0.29, 0.717) is 24.2 Å². The molecule has 291 valence electrons. The first-order valence-electron chi connectivity index (χ1n) is 16.1. The summed E-state index contributed by atoms with van der Waals surface area (Å²) in [7, 11) is 3.29. The molecule has 3 radical (unpaired) electrons. The van der Waals surface area contributed by atoms with Crippen molar-refractivity contribution in [3.05, 3.63) is 115 Å². The summed E-state index contributed by atoms with van der Waals surface area (Å²) in [6.07, 6.45) is 6.29. The van der Waals surface area contributed by atoms with Crippen LogP contribution in [0, 0.1) is 39.0 Å². The number of carbonyl (C=O) groups is 1. The number of rotatable bonds is 9. The highest BCUT2D eigenvalue weighted by Crippen LogP contribution is 2.61. The number of methoxy groups -OCH3 is 2. The quantitative estimate of drug-likeness (QED) is 0.132. The van der Waals surface area contributed by atoms with E-state index in [9.17, 15) is 9.36 Å². The van der Waals surface area contributed by atoms with Crippen LogP contribution in [-0.2, 0) is 30.2 Å². The molecule has 0 aliphatic rings. The van der Waals surface area contributed by atoms with Gasteiger partial charge in [-0.3, -0.25) is 14.3 Å². The molecule has 0 unspecified atom stereocenters. The molecule has 0 bridgehead atoms. The molecular formula is C39H48BCl5N4O4P. The number of hydrogen-bond donors (Lipinski definition) is 1. The third-order valence-corrected chi connectivity index (χ3v) is 8.50. The minimum Gasteiger partial charge on any atom is -0.497 e. The molecule has 2 aromatic heterocycles. The number of hydrogen-bond acceptors (Lipinski definition) is 7. The molecule has 8 nitrogen and oxygen atoms in total. The summed E-state index contributed by atoms with van der Waals surface area (Å²) in [6, 6.07) is 13.9. The molecule has 54 heavy (non-hydrogen) atoms. The van der Waals surface area contributed by atoms with Crippen LogP contribution in [0.15, 0.2) is 48.8 Å². The lowest BCUT2D eigenvalue weighted by Crippen LogP contribution is -2.41. The van der Waals surface area contributed by atoms with Crippen molar-refractivity contribution in [3.8, 4) is 17.6 Å². The van der Waals surface area contributed by atoms with Gasteiger partial charge in [0.15, 0.2) is 0 Å². The Bertz CT molecular complexity index is 1950. The number of nitrogens with zero attached hydrogens (tertiary/aromatic N) is 3. The van der Waals surface area contributed by atoms with Gasteiger partial charge in [-0.25, -0.2) is 4.98 Å². The number of aromatic nitrogens is 2. The third-order valence-electron chi connectivity index (χ3n) is 7.42. The smallest absolute Gasteiger partial charge is 0.339 e. The number of pyridine rings is 2. The zero-order chi connectivity index (χ0) is 39.4. The number of aryl methyl sites for hydroxylation is 8. The van der Waals surface area contributed by atoms with Crippen LogP contribution in [0.1, 0.15) is 88.9 Å². The molecule has 0 atom stereocenters. The fraction of sp³-hybridized carbons (Fsp3) is 0.385. The number of ether oxygens (including phenoxy) is 2. The second-order valence-electron chi connectivity index (χ2n) is 13.1. The SMILES string of the molecule is C.COc1cc(C)c(Cl)c(CCc2cc(C)cnc2C#N)c1.COc1cc(C)c(Cl)c(CCc2cc(C)cnc2C(=O)NC(C)(C)C)c1.O=P(Cl)(Cl)Cl.[B]. The summed E-state index contributed by atoms with van der Waals surface area (Å²) < 4.78 is 20.1. The molecule has 0 spiro atoms. The number of halogens is 5. The van der Waals surface area contributed by atoms with E-state index in [1.165, 1.54) is 0 Å². The lowest BCUT2D eigenvalue weighted by atomic mass is 9.99. The Morgan fingerprint density at radius 3 is 1.56 bits per heavy atom. The molecule has 0 saturated heterocycles. The Hall–Kier alpha value is -2.96. The maximum Gasteiger partial charge on any atom is 0.339 e. The molecule has 4 aromatic rings. The van der Waals surface area contributed by atoms with Crippen molar-refractivity contribution in [1.82, 2.24) is 15.3 Å². The number of nitriles is 1. The van der Waals surface area contributed by atoms with Gasteiger partial charge in [0.2, 0.25) is 0 Å². The summed E-state index contributed by atoms with van der Waals surface area (Å²) in [5, 5.41) is 10.4. The van der Waals surface area contributed by atoms with Gasteiger partial charge < -0.3 is 14.8 Å². The van der Waals surface area contributed by atoms with Crippen LogP contribution in [0.3, 0.4) is 0 Å². The van der Waals surface area contributed by atoms with Crippen LogP contribution in [0.5, 0.6) is 11.5 Å². The number of nitrogens with one attached hydrogen (secondary N) is 1. The van der Waals surface area contributed by atoms with E-state index in [1.807, 2.05) is 84.9 Å². The fourth-order valence-electron chi connectivity index (χ4n) is 5.10. The number of benzene rings is 2. The van der Waals surface area contributed by atoms with Gasteiger partial charge in [-0.1, -0.05) is 42.8 Å². The van der Waals surface area contributed by atoms with Crippen molar-refractivity contribution in [2.75, 3.05) is 14.2 Å². The first-order valence-corrected chi connectivity index (χ1v) is 21.3. The first-order chi connectivity index (χ1) is 24.1. The normalized spacial score (nSPS) is 10.5. The Balaban J connectivity index is 0.000000908. The molecule has 2 aromatic carbocycles. The van der Waals surface area contributed by atoms with Gasteiger partial charge in [0.1, 0.15) is 29.0 Å². The maximum atomic E-state index is 12.6. The van der Waals surface area contributed by atoms with Crippen molar-refractivity contribution < 1.29 is 18.8 Å². The zero-order valence-corrected chi connectivity index (χ0v) is 36.0. The van der Waals surface area contributed by atoms with Crippen LogP contribution in [0.2, 0.25) is 10.0 Å². The number of amides is 1. The highest BCUT2D eigenvalue weighted by atomic mass is 36.0. The molecule has 2 heterocycles. The Morgan fingerprint density at radius 1 is 0.759 bits per heavy atom. The van der Waals surface area contributed by atoms with Crippen LogP contribution in [-0.4, -0.2) is 44.0 Å². The standard InChI is InChI=1S/C21H27ClN2O2.C17H17ClN2O.CH4.B.Cl3OP/c1-13-9-16(19(23-12-13)20(25)24-21(3,4)5)8-7-15-11-17(26-6)10-14(2)18(15)22;1-11-6-13(16(9-19)20-10-11)4-5-14-8-15(21-3)7-12(2)17(14)18;;;1-5(2,3)4/h9-12H,7-8H2,1-6H3,(H,24,25);6-8,10H,4-5H2,1-3H3;1H4;;. The van der Waals surface area contributed by atoms with E-state index >= 15 is 0 Å².